The highest BCUT2D eigenvalue weighted by Gasteiger charge is 2.22. The van der Waals surface area contributed by atoms with Crippen LogP contribution in [0.4, 0.5) is 0 Å². The van der Waals surface area contributed by atoms with Gasteiger partial charge >= 0.3 is 0 Å². The number of nitrogens with two attached hydrogens (primary N) is 1. The van der Waals surface area contributed by atoms with Gasteiger partial charge in [-0.25, -0.2) is 4.68 Å². The number of hydrogen-bond acceptors (Lipinski definition) is 5. The van der Waals surface area contributed by atoms with Crippen molar-refractivity contribution in [1.29, 1.82) is 0 Å². The molecule has 0 saturated carbocycles. The third-order valence-electron chi connectivity index (χ3n) is 4.89. The lowest BCUT2D eigenvalue weighted by molar-refractivity contribution is 0.0997. The molecule has 1 aliphatic rings. The number of likely N-dealkylation sites (N-methyl/N-ethyl adjacent to an activating group) is 1. The van der Waals surface area contributed by atoms with Crippen LogP contribution in [-0.4, -0.2) is 52.0 Å². The zero-order valence-electron chi connectivity index (χ0n) is 14.4. The molecule has 3 rings (SSSR count). The van der Waals surface area contributed by atoms with Crippen molar-refractivity contribution in [3.05, 3.63) is 17.7 Å². The zero-order chi connectivity index (χ0) is 17.1. The van der Waals surface area contributed by atoms with Gasteiger partial charge in [0.05, 0.1) is 24.7 Å². The lowest BCUT2D eigenvalue weighted by atomic mass is 10.1. The third-order valence-corrected chi connectivity index (χ3v) is 4.89. The zero-order valence-corrected chi connectivity index (χ0v) is 14.4. The van der Waals surface area contributed by atoms with Gasteiger partial charge in [-0.1, -0.05) is 25.0 Å². The Labute approximate surface area is 141 Å². The topological polar surface area (TPSA) is 86.3 Å². The second kappa shape index (κ2) is 7.17. The van der Waals surface area contributed by atoms with E-state index in [1.807, 2.05) is 10.7 Å². The van der Waals surface area contributed by atoms with Crippen LogP contribution in [0.2, 0.25) is 0 Å². The molecular formula is C17H25N5O2. The van der Waals surface area contributed by atoms with Crippen LogP contribution in [0.3, 0.4) is 0 Å². The molecule has 0 aliphatic carbocycles. The SMILES string of the molecule is CCN1CCCCCC1Cn1nnc2cc(C(N)=O)c(OC)cc21. The second-order valence-corrected chi connectivity index (χ2v) is 6.31. The number of benzene rings is 1. The molecule has 1 aromatic carbocycles. The van der Waals surface area contributed by atoms with Crippen molar-refractivity contribution in [3.8, 4) is 5.75 Å². The van der Waals surface area contributed by atoms with Crippen molar-refractivity contribution in [1.82, 2.24) is 19.9 Å². The number of aromatic nitrogens is 3. The molecule has 1 saturated heterocycles. The summed E-state index contributed by atoms with van der Waals surface area (Å²) in [6.07, 6.45) is 4.98. The molecule has 1 aliphatic heterocycles. The minimum Gasteiger partial charge on any atom is -0.496 e. The van der Waals surface area contributed by atoms with Crippen LogP contribution in [0.1, 0.15) is 43.0 Å². The van der Waals surface area contributed by atoms with E-state index < -0.39 is 5.91 Å². The van der Waals surface area contributed by atoms with Gasteiger partial charge in [-0.2, -0.15) is 0 Å². The molecule has 2 heterocycles. The quantitative estimate of drug-likeness (QED) is 0.903. The molecule has 130 valence electrons. The summed E-state index contributed by atoms with van der Waals surface area (Å²) in [6, 6.07) is 3.93. The van der Waals surface area contributed by atoms with Gasteiger partial charge in [-0.05, 0) is 32.0 Å². The van der Waals surface area contributed by atoms with Crippen LogP contribution < -0.4 is 10.5 Å². The van der Waals surface area contributed by atoms with Crippen LogP contribution >= 0.6 is 0 Å². The van der Waals surface area contributed by atoms with Crippen molar-refractivity contribution in [2.24, 2.45) is 5.73 Å². The van der Waals surface area contributed by atoms with Crippen molar-refractivity contribution in [3.63, 3.8) is 0 Å². The minimum atomic E-state index is -0.524. The molecule has 1 atom stereocenters. The molecule has 0 bridgehead atoms. The lowest BCUT2D eigenvalue weighted by Crippen LogP contribution is -2.38. The Bertz CT molecular complexity index is 727. The van der Waals surface area contributed by atoms with Crippen molar-refractivity contribution >= 4 is 16.9 Å². The minimum absolute atomic E-state index is 0.335. The number of carbonyl (C=O) groups excluding carboxylic acids is 1. The van der Waals surface area contributed by atoms with Gasteiger partial charge in [0.25, 0.3) is 5.91 Å². The summed E-state index contributed by atoms with van der Waals surface area (Å²) in [6.45, 7) is 5.19. The number of hydrogen-bond donors (Lipinski definition) is 1. The molecule has 0 spiro atoms. The fraction of sp³-hybridized carbons (Fsp3) is 0.588. The highest BCUT2D eigenvalue weighted by Crippen LogP contribution is 2.26. The van der Waals surface area contributed by atoms with E-state index in [0.717, 1.165) is 25.2 Å². The van der Waals surface area contributed by atoms with E-state index in [1.165, 1.54) is 32.8 Å². The van der Waals surface area contributed by atoms with Gasteiger partial charge in [-0.15, -0.1) is 5.10 Å². The number of amides is 1. The van der Waals surface area contributed by atoms with Crippen LogP contribution in [-0.2, 0) is 6.54 Å². The smallest absolute Gasteiger partial charge is 0.252 e. The van der Waals surface area contributed by atoms with Gasteiger partial charge in [-0.3, -0.25) is 9.69 Å². The summed E-state index contributed by atoms with van der Waals surface area (Å²) in [7, 11) is 1.53. The molecule has 7 heteroatoms. The van der Waals surface area contributed by atoms with Gasteiger partial charge < -0.3 is 10.5 Å². The Morgan fingerprint density at radius 2 is 2.21 bits per heavy atom. The van der Waals surface area contributed by atoms with Crippen molar-refractivity contribution in [2.75, 3.05) is 20.2 Å². The predicted octanol–water partition coefficient (Wildman–Crippen LogP) is 1.80. The molecule has 24 heavy (non-hydrogen) atoms. The normalized spacial score (nSPS) is 19.3. The molecular weight excluding hydrogens is 306 g/mol. The monoisotopic (exact) mass is 331 g/mol. The standard InChI is InChI=1S/C17H25N5O2/c1-3-21-8-6-4-5-7-12(21)11-22-15-10-16(24-2)13(17(18)23)9-14(15)19-20-22/h9-10,12H,3-8,11H2,1-2H3,(H2,18,23). The highest BCUT2D eigenvalue weighted by atomic mass is 16.5. The van der Waals surface area contributed by atoms with E-state index in [2.05, 4.69) is 22.1 Å². The summed E-state index contributed by atoms with van der Waals surface area (Å²) in [5.41, 5.74) is 7.29. The number of rotatable bonds is 5. The fourth-order valence-corrected chi connectivity index (χ4v) is 3.55. The molecule has 2 N–H and O–H groups in total. The van der Waals surface area contributed by atoms with E-state index in [1.54, 1.807) is 6.07 Å². The molecule has 1 unspecified atom stereocenters. The molecule has 1 fully saturated rings. The Morgan fingerprint density at radius 3 is 2.92 bits per heavy atom. The van der Waals surface area contributed by atoms with Crippen LogP contribution in [0.15, 0.2) is 12.1 Å². The highest BCUT2D eigenvalue weighted by molar-refractivity contribution is 5.99. The van der Waals surface area contributed by atoms with Gasteiger partial charge in [0.1, 0.15) is 11.3 Å². The van der Waals surface area contributed by atoms with Crippen molar-refractivity contribution < 1.29 is 9.53 Å². The van der Waals surface area contributed by atoms with Crippen molar-refractivity contribution in [2.45, 2.75) is 45.2 Å². The van der Waals surface area contributed by atoms with E-state index in [-0.39, 0.29) is 0 Å². The molecule has 1 aromatic heterocycles. The predicted molar refractivity (Wildman–Crippen MR) is 92.1 cm³/mol. The Balaban J connectivity index is 1.93. The number of ether oxygens (including phenoxy) is 1. The third kappa shape index (κ3) is 3.21. The number of nitrogens with zero attached hydrogens (tertiary/aromatic N) is 4. The van der Waals surface area contributed by atoms with Crippen LogP contribution in [0.5, 0.6) is 5.75 Å². The summed E-state index contributed by atoms with van der Waals surface area (Å²) >= 11 is 0. The Kier molecular flexibility index (Phi) is 4.99. The maximum atomic E-state index is 11.5. The Hall–Kier alpha value is -2.15. The first-order chi connectivity index (χ1) is 11.6. The first kappa shape index (κ1) is 16.7. The van der Waals surface area contributed by atoms with E-state index in [0.29, 0.717) is 22.9 Å². The maximum Gasteiger partial charge on any atom is 0.252 e. The molecule has 2 aromatic rings. The summed E-state index contributed by atoms with van der Waals surface area (Å²) in [5.74, 6) is -0.0593. The molecule has 0 radical (unpaired) electrons. The largest absolute Gasteiger partial charge is 0.496 e. The number of fused-ring (bicyclic) bond motifs is 1. The van der Waals surface area contributed by atoms with Crippen LogP contribution in [0, 0.1) is 0 Å². The van der Waals surface area contributed by atoms with Gasteiger partial charge in [0.2, 0.25) is 0 Å². The first-order valence-corrected chi connectivity index (χ1v) is 8.59. The number of likely N-dealkylation sites (tertiary alicyclic amines) is 1. The van der Waals surface area contributed by atoms with Gasteiger partial charge in [0.15, 0.2) is 0 Å². The number of primary amides is 1. The van der Waals surface area contributed by atoms with E-state index >= 15 is 0 Å². The van der Waals surface area contributed by atoms with Crippen LogP contribution in [0.25, 0.3) is 11.0 Å². The molecule has 1 amide bonds. The summed E-state index contributed by atoms with van der Waals surface area (Å²) in [4.78, 5) is 14.1. The number of methoxy groups -OCH3 is 1. The fourth-order valence-electron chi connectivity index (χ4n) is 3.55. The Morgan fingerprint density at radius 1 is 1.38 bits per heavy atom. The average molecular weight is 331 g/mol. The molecule has 7 nitrogen and oxygen atoms in total. The number of carbonyl (C=O) groups is 1. The average Bonchev–Trinajstić information content (AvgIpc) is 2.83. The summed E-state index contributed by atoms with van der Waals surface area (Å²) < 4.78 is 7.23. The van der Waals surface area contributed by atoms with E-state index in [9.17, 15) is 4.79 Å². The van der Waals surface area contributed by atoms with Gasteiger partial charge in [0, 0.05) is 12.1 Å². The lowest BCUT2D eigenvalue weighted by Gasteiger charge is -2.28. The maximum absolute atomic E-state index is 11.5. The first-order valence-electron chi connectivity index (χ1n) is 8.59. The summed E-state index contributed by atoms with van der Waals surface area (Å²) in [5, 5.41) is 8.50. The second-order valence-electron chi connectivity index (χ2n) is 6.31. The van der Waals surface area contributed by atoms with E-state index in [4.69, 9.17) is 10.5 Å².